The fraction of sp³-hybridized carbons (Fsp3) is 0.242. The van der Waals surface area contributed by atoms with E-state index in [1.807, 2.05) is 79.7 Å². The van der Waals surface area contributed by atoms with Crippen LogP contribution in [-0.4, -0.2) is 32.0 Å². The van der Waals surface area contributed by atoms with Crippen LogP contribution in [0.2, 0.25) is 0 Å². The van der Waals surface area contributed by atoms with Crippen LogP contribution in [0.15, 0.2) is 83.3 Å². The van der Waals surface area contributed by atoms with Gasteiger partial charge >= 0.3 is 0 Å². The van der Waals surface area contributed by atoms with Crippen molar-refractivity contribution in [2.24, 2.45) is 0 Å². The molecule has 0 aliphatic heterocycles. The number of ether oxygens (including phenoxy) is 4. The zero-order valence-electron chi connectivity index (χ0n) is 23.3. The molecule has 4 aromatic rings. The fourth-order valence-corrected chi connectivity index (χ4v) is 4.83. The third-order valence-electron chi connectivity index (χ3n) is 6.57. The molecule has 0 fully saturated rings. The van der Waals surface area contributed by atoms with Gasteiger partial charge in [-0.15, -0.1) is 0 Å². The van der Waals surface area contributed by atoms with E-state index in [-0.39, 0.29) is 12.6 Å². The second kappa shape index (κ2) is 14.6. The van der Waals surface area contributed by atoms with Crippen molar-refractivity contribution < 1.29 is 24.1 Å². The van der Waals surface area contributed by atoms with Crippen LogP contribution < -0.4 is 24.3 Å². The summed E-state index contributed by atoms with van der Waals surface area (Å²) in [5.41, 5.74) is 5.40. The zero-order valence-corrected chi connectivity index (χ0v) is 24.9. The molecule has 0 radical (unpaired) electrons. The lowest BCUT2D eigenvalue weighted by atomic mass is 10.0. The number of nitriles is 1. The molecule has 0 heterocycles. The summed E-state index contributed by atoms with van der Waals surface area (Å²) in [6, 6.07) is 27.1. The number of aliphatic hydroxyl groups is 1. The molecular weight excluding hydrogens is 584 g/mol. The summed E-state index contributed by atoms with van der Waals surface area (Å²) in [5.74, 6) is 2.66. The van der Waals surface area contributed by atoms with E-state index in [0.717, 1.165) is 32.3 Å². The molecule has 41 heavy (non-hydrogen) atoms. The first-order valence-corrected chi connectivity index (χ1v) is 14.0. The van der Waals surface area contributed by atoms with Gasteiger partial charge in [0.05, 0.1) is 32.5 Å². The lowest BCUT2D eigenvalue weighted by molar-refractivity contribution is 0.249. The number of nitrogens with one attached hydrogen (secondary N) is 1. The molecule has 8 heteroatoms. The number of nitrogens with zero attached hydrogens (tertiary/aromatic N) is 1. The van der Waals surface area contributed by atoms with E-state index in [0.29, 0.717) is 48.3 Å². The SMILES string of the molecule is COc1ccc(-c2cccc(COc3ccc(CNC(C)CO)c(OCc4cccc(C#N)c4)c3)c2Br)cc1OC. The van der Waals surface area contributed by atoms with Crippen molar-refractivity contribution in [2.75, 3.05) is 20.8 Å². The summed E-state index contributed by atoms with van der Waals surface area (Å²) in [6.45, 7) is 3.12. The fourth-order valence-electron chi connectivity index (χ4n) is 4.22. The van der Waals surface area contributed by atoms with Gasteiger partial charge in [-0.1, -0.05) is 42.5 Å². The maximum atomic E-state index is 9.41. The van der Waals surface area contributed by atoms with Crippen molar-refractivity contribution in [3.05, 3.63) is 106 Å². The minimum Gasteiger partial charge on any atom is -0.493 e. The summed E-state index contributed by atoms with van der Waals surface area (Å²) < 4.78 is 24.2. The highest BCUT2D eigenvalue weighted by atomic mass is 79.9. The number of aliphatic hydroxyl groups excluding tert-OH is 1. The standard InChI is InChI=1S/C33H33BrN2O5/c1-22(19-37)36-18-26-10-12-28(16-31(26)41-20-24-7-4-6-23(14-24)17-35)40-21-27-8-5-9-29(33(27)34)25-11-13-30(38-2)32(15-25)39-3/h4-16,22,36-37H,18-21H2,1-3H3. The molecule has 1 atom stereocenters. The molecule has 4 rings (SSSR count). The van der Waals surface area contributed by atoms with Crippen molar-refractivity contribution >= 4 is 15.9 Å². The van der Waals surface area contributed by atoms with Crippen LogP contribution in [0, 0.1) is 11.3 Å². The minimum atomic E-state index is -0.0543. The molecular formula is C33H33BrN2O5. The number of methoxy groups -OCH3 is 2. The first-order valence-electron chi connectivity index (χ1n) is 13.2. The van der Waals surface area contributed by atoms with Crippen LogP contribution in [0.25, 0.3) is 11.1 Å². The topological polar surface area (TPSA) is 93.0 Å². The smallest absolute Gasteiger partial charge is 0.161 e. The van der Waals surface area contributed by atoms with E-state index >= 15 is 0 Å². The number of hydrogen-bond acceptors (Lipinski definition) is 7. The van der Waals surface area contributed by atoms with Gasteiger partial charge in [0.25, 0.3) is 0 Å². The van der Waals surface area contributed by atoms with Crippen LogP contribution in [0.4, 0.5) is 0 Å². The van der Waals surface area contributed by atoms with Gasteiger partial charge < -0.3 is 29.4 Å². The Morgan fingerprint density at radius 3 is 2.41 bits per heavy atom. The van der Waals surface area contributed by atoms with Gasteiger partial charge in [0, 0.05) is 34.3 Å². The Morgan fingerprint density at radius 2 is 1.66 bits per heavy atom. The van der Waals surface area contributed by atoms with Gasteiger partial charge in [-0.05, 0) is 69.9 Å². The first kappa shape index (κ1) is 29.9. The number of benzene rings is 4. The molecule has 0 amide bonds. The van der Waals surface area contributed by atoms with Gasteiger partial charge in [0.2, 0.25) is 0 Å². The van der Waals surface area contributed by atoms with Gasteiger partial charge in [0.15, 0.2) is 11.5 Å². The molecule has 0 aliphatic carbocycles. The summed E-state index contributed by atoms with van der Waals surface area (Å²) in [6.07, 6.45) is 0. The third-order valence-corrected chi connectivity index (χ3v) is 7.51. The number of hydrogen-bond donors (Lipinski definition) is 2. The van der Waals surface area contributed by atoms with E-state index in [1.54, 1.807) is 20.3 Å². The highest BCUT2D eigenvalue weighted by molar-refractivity contribution is 9.10. The van der Waals surface area contributed by atoms with Crippen molar-refractivity contribution in [3.63, 3.8) is 0 Å². The maximum absolute atomic E-state index is 9.41. The van der Waals surface area contributed by atoms with Crippen LogP contribution >= 0.6 is 15.9 Å². The molecule has 0 spiro atoms. The summed E-state index contributed by atoms with van der Waals surface area (Å²) in [5, 5.41) is 21.9. The Hall–Kier alpha value is -4.03. The molecule has 2 N–H and O–H groups in total. The Balaban J connectivity index is 1.53. The van der Waals surface area contributed by atoms with Crippen LogP contribution in [0.3, 0.4) is 0 Å². The third kappa shape index (κ3) is 7.80. The molecule has 0 aliphatic rings. The predicted octanol–water partition coefficient (Wildman–Crippen LogP) is 6.63. The largest absolute Gasteiger partial charge is 0.493 e. The average molecular weight is 618 g/mol. The van der Waals surface area contributed by atoms with Crippen molar-refractivity contribution in [1.29, 1.82) is 5.26 Å². The predicted molar refractivity (Wildman–Crippen MR) is 162 cm³/mol. The maximum Gasteiger partial charge on any atom is 0.161 e. The van der Waals surface area contributed by atoms with E-state index in [2.05, 4.69) is 27.3 Å². The molecule has 0 bridgehead atoms. The van der Waals surface area contributed by atoms with E-state index in [9.17, 15) is 10.4 Å². The molecule has 0 saturated carbocycles. The van der Waals surface area contributed by atoms with Gasteiger partial charge in [-0.2, -0.15) is 5.26 Å². The molecule has 212 valence electrons. The summed E-state index contributed by atoms with van der Waals surface area (Å²) >= 11 is 3.77. The van der Waals surface area contributed by atoms with Crippen molar-refractivity contribution in [3.8, 4) is 40.2 Å². The quantitative estimate of drug-likeness (QED) is 0.174. The van der Waals surface area contributed by atoms with Gasteiger partial charge in [0.1, 0.15) is 24.7 Å². The Labute approximate surface area is 249 Å². The highest BCUT2D eigenvalue weighted by Gasteiger charge is 2.13. The zero-order chi connectivity index (χ0) is 29.2. The van der Waals surface area contributed by atoms with Crippen LogP contribution in [0.5, 0.6) is 23.0 Å². The van der Waals surface area contributed by atoms with Crippen molar-refractivity contribution in [1.82, 2.24) is 5.32 Å². The van der Waals surface area contributed by atoms with E-state index in [1.165, 1.54) is 0 Å². The Bertz CT molecular complexity index is 1520. The summed E-state index contributed by atoms with van der Waals surface area (Å²) in [7, 11) is 3.24. The van der Waals surface area contributed by atoms with E-state index in [4.69, 9.17) is 18.9 Å². The highest BCUT2D eigenvalue weighted by Crippen LogP contribution is 2.37. The molecule has 0 aromatic heterocycles. The Kier molecular flexibility index (Phi) is 10.6. The minimum absolute atomic E-state index is 0.0373. The number of rotatable bonds is 13. The normalized spacial score (nSPS) is 11.4. The van der Waals surface area contributed by atoms with E-state index < -0.39 is 0 Å². The van der Waals surface area contributed by atoms with Crippen LogP contribution in [-0.2, 0) is 19.8 Å². The van der Waals surface area contributed by atoms with Gasteiger partial charge in [-0.3, -0.25) is 0 Å². The second-order valence-corrected chi connectivity index (χ2v) is 10.3. The second-order valence-electron chi connectivity index (χ2n) is 9.47. The molecule has 4 aromatic carbocycles. The molecule has 7 nitrogen and oxygen atoms in total. The average Bonchev–Trinajstić information content (AvgIpc) is 3.02. The first-order chi connectivity index (χ1) is 19.9. The molecule has 1 unspecified atom stereocenters. The number of halogens is 1. The van der Waals surface area contributed by atoms with Crippen LogP contribution in [0.1, 0.15) is 29.2 Å². The Morgan fingerprint density at radius 1 is 0.854 bits per heavy atom. The summed E-state index contributed by atoms with van der Waals surface area (Å²) in [4.78, 5) is 0. The van der Waals surface area contributed by atoms with Crippen molar-refractivity contribution in [2.45, 2.75) is 32.7 Å². The van der Waals surface area contributed by atoms with Gasteiger partial charge in [-0.25, -0.2) is 0 Å². The lowest BCUT2D eigenvalue weighted by Crippen LogP contribution is -2.28. The molecule has 0 saturated heterocycles. The monoisotopic (exact) mass is 616 g/mol. The lowest BCUT2D eigenvalue weighted by Gasteiger charge is -2.17.